The van der Waals surface area contributed by atoms with E-state index in [1.807, 2.05) is 0 Å². The summed E-state index contributed by atoms with van der Waals surface area (Å²) in [7, 11) is -3.66. The van der Waals surface area contributed by atoms with E-state index in [9.17, 15) is 31.2 Å². The molecule has 0 aliphatic carbocycles. The molecule has 0 aromatic heterocycles. The molecule has 0 saturated carbocycles. The van der Waals surface area contributed by atoms with Gasteiger partial charge >= 0.3 is 27.5 Å². The topological polar surface area (TPSA) is 99.2 Å². The molecule has 182 valence electrons. The molecule has 0 fully saturated rings. The van der Waals surface area contributed by atoms with Crippen LogP contribution in [0.15, 0.2) is 48.5 Å². The first kappa shape index (κ1) is 25.1. The zero-order valence-corrected chi connectivity index (χ0v) is 19.1. The third-order valence-corrected chi connectivity index (χ3v) is 6.55. The highest BCUT2D eigenvalue weighted by atomic mass is 32.2. The average Bonchev–Trinajstić information content (AvgIpc) is 2.81. The molecule has 1 aliphatic rings. The zero-order valence-electron chi connectivity index (χ0n) is 18.3. The molecule has 0 N–H and O–H groups in total. The lowest BCUT2D eigenvalue weighted by Gasteiger charge is -2.38. The van der Waals surface area contributed by atoms with Crippen molar-refractivity contribution in [1.82, 2.24) is 0 Å². The molecule has 0 bridgehead atoms. The zero-order chi connectivity index (χ0) is 25.3. The lowest BCUT2D eigenvalue weighted by atomic mass is 9.85. The molecule has 8 nitrogen and oxygen atoms in total. The van der Waals surface area contributed by atoms with Gasteiger partial charge in [0.25, 0.3) is 0 Å². The number of anilines is 1. The van der Waals surface area contributed by atoms with Gasteiger partial charge in [0.05, 0.1) is 32.1 Å². The highest BCUT2D eigenvalue weighted by molar-refractivity contribution is 7.93. The summed E-state index contributed by atoms with van der Waals surface area (Å²) < 4.78 is 81.7. The van der Waals surface area contributed by atoms with Crippen molar-refractivity contribution < 1.29 is 45.4 Å². The number of hydrogen-bond donors (Lipinski definition) is 0. The highest BCUT2D eigenvalue weighted by Crippen LogP contribution is 2.47. The number of sulfonamides is 1. The number of esters is 2. The van der Waals surface area contributed by atoms with Crippen LogP contribution in [0, 0.1) is 0 Å². The van der Waals surface area contributed by atoms with Crippen LogP contribution in [0.5, 0.6) is 5.75 Å². The lowest BCUT2D eigenvalue weighted by Crippen LogP contribution is -2.53. The van der Waals surface area contributed by atoms with Gasteiger partial charge in [-0.05, 0) is 30.7 Å². The number of nitrogens with zero attached hydrogens (tertiary/aromatic N) is 1. The van der Waals surface area contributed by atoms with E-state index in [-0.39, 0.29) is 33.2 Å². The number of rotatable bonds is 6. The van der Waals surface area contributed by atoms with Crippen molar-refractivity contribution in [2.45, 2.75) is 18.5 Å². The fourth-order valence-corrected chi connectivity index (χ4v) is 4.73. The van der Waals surface area contributed by atoms with Gasteiger partial charge < -0.3 is 14.2 Å². The maximum atomic E-state index is 13.8. The number of halogens is 3. The first-order valence-electron chi connectivity index (χ1n) is 9.83. The molecule has 0 unspecified atom stereocenters. The van der Waals surface area contributed by atoms with E-state index in [0.717, 1.165) is 13.2 Å². The molecular formula is C22H20F3NO7S. The molecule has 1 heterocycles. The Labute approximate surface area is 193 Å². The van der Waals surface area contributed by atoms with Crippen molar-refractivity contribution in [2.75, 3.05) is 25.1 Å². The Morgan fingerprint density at radius 2 is 1.65 bits per heavy atom. The maximum Gasteiger partial charge on any atom is 0.516 e. The molecule has 0 radical (unpaired) electrons. The van der Waals surface area contributed by atoms with Crippen LogP contribution in [0.3, 0.4) is 0 Å². The van der Waals surface area contributed by atoms with Gasteiger partial charge in [-0.2, -0.15) is 21.6 Å². The summed E-state index contributed by atoms with van der Waals surface area (Å²) >= 11 is 0. The maximum absolute atomic E-state index is 13.8. The van der Waals surface area contributed by atoms with Gasteiger partial charge in [0.2, 0.25) is 0 Å². The van der Waals surface area contributed by atoms with Crippen molar-refractivity contribution in [3.63, 3.8) is 0 Å². The predicted octanol–water partition coefficient (Wildman–Crippen LogP) is 3.38. The number of benzene rings is 2. The van der Waals surface area contributed by atoms with E-state index >= 15 is 0 Å². The number of methoxy groups -OCH3 is 2. The molecule has 34 heavy (non-hydrogen) atoms. The second-order valence-electron chi connectivity index (χ2n) is 6.93. The number of ether oxygens (including phenoxy) is 3. The summed E-state index contributed by atoms with van der Waals surface area (Å²) in [5, 5.41) is 0. The van der Waals surface area contributed by atoms with Crippen LogP contribution < -0.4 is 9.04 Å². The van der Waals surface area contributed by atoms with Gasteiger partial charge in [-0.25, -0.2) is 13.9 Å². The monoisotopic (exact) mass is 499 g/mol. The van der Waals surface area contributed by atoms with Crippen molar-refractivity contribution >= 4 is 38.8 Å². The van der Waals surface area contributed by atoms with Gasteiger partial charge in [0.1, 0.15) is 5.75 Å². The quantitative estimate of drug-likeness (QED) is 0.562. The van der Waals surface area contributed by atoms with E-state index < -0.39 is 39.2 Å². The first-order chi connectivity index (χ1) is 16.0. The molecule has 2 aromatic carbocycles. The van der Waals surface area contributed by atoms with Crippen LogP contribution in [-0.2, 0) is 29.1 Å². The Bertz CT molecular complexity index is 1240. The standard InChI is InChI=1S/C22H20F3NO7S/c1-4-33-21(28)19-17(13-9-11-14(31-2)12-10-13)18(20(27)32-3)15-7-5-6-8-16(15)26(19)34(29,30)22(23,24)25/h5-12,19H,4H2,1-3H3/t19-/m0/s1. The van der Waals surface area contributed by atoms with Crippen LogP contribution >= 0.6 is 0 Å². The highest BCUT2D eigenvalue weighted by Gasteiger charge is 2.57. The number of carbonyl (C=O) groups is 2. The lowest BCUT2D eigenvalue weighted by molar-refractivity contribution is -0.143. The average molecular weight is 499 g/mol. The molecule has 0 amide bonds. The summed E-state index contributed by atoms with van der Waals surface area (Å²) in [6.45, 7) is 1.16. The van der Waals surface area contributed by atoms with Gasteiger partial charge in [-0.3, -0.25) is 0 Å². The van der Waals surface area contributed by atoms with Gasteiger partial charge in [0.15, 0.2) is 6.04 Å². The van der Waals surface area contributed by atoms with Gasteiger partial charge in [0, 0.05) is 11.1 Å². The fraction of sp³-hybridized carbons (Fsp3) is 0.273. The van der Waals surface area contributed by atoms with E-state index in [4.69, 9.17) is 14.2 Å². The summed E-state index contributed by atoms with van der Waals surface area (Å²) in [6, 6.07) is 8.54. The molecule has 1 atom stereocenters. The molecular weight excluding hydrogens is 479 g/mol. The molecule has 0 spiro atoms. The normalized spacial score (nSPS) is 16.1. The third kappa shape index (κ3) is 4.20. The SMILES string of the molecule is CCOC(=O)[C@@H]1C(c2ccc(OC)cc2)=C(C(=O)OC)c2ccccc2N1S(=O)(=O)C(F)(F)F. The van der Waals surface area contributed by atoms with Crippen LogP contribution in [0.2, 0.25) is 0 Å². The van der Waals surface area contributed by atoms with Crippen molar-refractivity contribution in [3.8, 4) is 5.75 Å². The van der Waals surface area contributed by atoms with E-state index in [1.54, 1.807) is 0 Å². The molecule has 12 heteroatoms. The first-order valence-corrected chi connectivity index (χ1v) is 11.3. The molecule has 1 aliphatic heterocycles. The summed E-state index contributed by atoms with van der Waals surface area (Å²) in [4.78, 5) is 25.9. The van der Waals surface area contributed by atoms with Crippen molar-refractivity contribution in [2.24, 2.45) is 0 Å². The van der Waals surface area contributed by atoms with Crippen molar-refractivity contribution in [1.29, 1.82) is 0 Å². The largest absolute Gasteiger partial charge is 0.516 e. The summed E-state index contributed by atoms with van der Waals surface area (Å²) in [6.07, 6.45) is 0. The van der Waals surface area contributed by atoms with Gasteiger partial charge in [-0.1, -0.05) is 30.3 Å². The van der Waals surface area contributed by atoms with Crippen LogP contribution in [0.1, 0.15) is 18.1 Å². The Hall–Kier alpha value is -3.54. The number of fused-ring (bicyclic) bond motifs is 1. The van der Waals surface area contributed by atoms with E-state index in [0.29, 0.717) is 5.75 Å². The Balaban J connectivity index is 2.49. The van der Waals surface area contributed by atoms with Crippen molar-refractivity contribution in [3.05, 3.63) is 59.7 Å². The van der Waals surface area contributed by atoms with Crippen LogP contribution in [0.4, 0.5) is 18.9 Å². The minimum atomic E-state index is -6.11. The Kier molecular flexibility index (Phi) is 6.92. The second-order valence-corrected chi connectivity index (χ2v) is 8.73. The van der Waals surface area contributed by atoms with E-state index in [2.05, 4.69) is 0 Å². The second kappa shape index (κ2) is 9.37. The Morgan fingerprint density at radius 1 is 1.03 bits per heavy atom. The molecule has 2 aromatic rings. The van der Waals surface area contributed by atoms with Crippen LogP contribution in [0.25, 0.3) is 11.1 Å². The minimum absolute atomic E-state index is 0.0493. The molecule has 0 saturated heterocycles. The predicted molar refractivity (Wildman–Crippen MR) is 116 cm³/mol. The van der Waals surface area contributed by atoms with Crippen LogP contribution in [-0.4, -0.2) is 52.7 Å². The third-order valence-electron chi connectivity index (χ3n) is 5.04. The number of carbonyl (C=O) groups excluding carboxylic acids is 2. The smallest absolute Gasteiger partial charge is 0.497 e. The summed E-state index contributed by atoms with van der Waals surface area (Å²) in [5.74, 6) is -1.89. The van der Waals surface area contributed by atoms with Gasteiger partial charge in [-0.15, -0.1) is 0 Å². The fourth-order valence-electron chi connectivity index (χ4n) is 3.62. The number of para-hydroxylation sites is 1. The molecule has 3 rings (SSSR count). The summed E-state index contributed by atoms with van der Waals surface area (Å²) in [5.41, 5.74) is -6.92. The minimum Gasteiger partial charge on any atom is -0.497 e. The number of alkyl halides is 3. The number of hydrogen-bond acceptors (Lipinski definition) is 7. The van der Waals surface area contributed by atoms with E-state index in [1.165, 1.54) is 56.5 Å². The Morgan fingerprint density at radius 3 is 2.18 bits per heavy atom.